The van der Waals surface area contributed by atoms with Gasteiger partial charge in [0.1, 0.15) is 23.0 Å². The molecule has 2 aliphatic heterocycles. The number of carbonyl (C=O) groups is 1. The molecule has 27 heavy (non-hydrogen) atoms. The first-order valence-corrected chi connectivity index (χ1v) is 8.44. The lowest BCUT2D eigenvalue weighted by Crippen LogP contribution is -2.33. The molecule has 3 aromatic rings. The quantitative estimate of drug-likeness (QED) is 0.576. The third kappa shape index (κ3) is 2.01. The van der Waals surface area contributed by atoms with Crippen LogP contribution in [0.2, 0.25) is 0 Å². The second-order valence-corrected chi connectivity index (χ2v) is 6.62. The third-order valence-corrected chi connectivity index (χ3v) is 5.07. The average Bonchev–Trinajstić information content (AvgIpc) is 2.94. The van der Waals surface area contributed by atoms with Gasteiger partial charge in [0.2, 0.25) is 0 Å². The highest BCUT2D eigenvalue weighted by Gasteiger charge is 2.53. The predicted octanol–water partition coefficient (Wildman–Crippen LogP) is 3.12. The molecule has 1 spiro atoms. The van der Waals surface area contributed by atoms with E-state index in [4.69, 9.17) is 15.2 Å². The van der Waals surface area contributed by atoms with Crippen molar-refractivity contribution < 1.29 is 24.5 Å². The lowest BCUT2D eigenvalue weighted by molar-refractivity contribution is 0.0224. The number of hydrogen-bond acceptors (Lipinski definition) is 6. The van der Waals surface area contributed by atoms with Gasteiger partial charge in [-0.1, -0.05) is 6.07 Å². The first-order chi connectivity index (χ1) is 13.0. The zero-order chi connectivity index (χ0) is 18.8. The van der Waals surface area contributed by atoms with Crippen molar-refractivity contribution in [2.24, 2.45) is 5.73 Å². The molecular weight excluding hydrogens is 346 g/mol. The van der Waals surface area contributed by atoms with Crippen LogP contribution in [0.3, 0.4) is 0 Å². The zero-order valence-corrected chi connectivity index (χ0v) is 14.1. The Morgan fingerprint density at radius 1 is 0.852 bits per heavy atom. The summed E-state index contributed by atoms with van der Waals surface area (Å²) >= 11 is 0. The van der Waals surface area contributed by atoms with E-state index < -0.39 is 11.6 Å². The minimum Gasteiger partial charge on any atom is -0.508 e. The number of ether oxygens (including phenoxy) is 2. The number of phenolic OH excluding ortho intramolecular Hbond substituents is 2. The fraction of sp³-hybridized carbons (Fsp3) is 0.0952. The summed E-state index contributed by atoms with van der Waals surface area (Å²) < 4.78 is 11.9. The number of benzene rings is 3. The second-order valence-electron chi connectivity index (χ2n) is 6.62. The van der Waals surface area contributed by atoms with Crippen molar-refractivity contribution in [2.75, 3.05) is 0 Å². The van der Waals surface area contributed by atoms with Crippen molar-refractivity contribution in [3.05, 3.63) is 82.4 Å². The Hall–Kier alpha value is -3.51. The Kier molecular flexibility index (Phi) is 3.06. The van der Waals surface area contributed by atoms with Crippen molar-refractivity contribution in [2.45, 2.75) is 12.1 Å². The van der Waals surface area contributed by atoms with Crippen LogP contribution < -0.4 is 10.5 Å². The molecule has 0 fully saturated rings. The van der Waals surface area contributed by atoms with Gasteiger partial charge in [-0.3, -0.25) is 0 Å². The summed E-state index contributed by atoms with van der Waals surface area (Å²) in [5.41, 5.74) is 7.74. The molecule has 0 aliphatic carbocycles. The van der Waals surface area contributed by atoms with Crippen molar-refractivity contribution in [3.8, 4) is 23.0 Å². The van der Waals surface area contributed by atoms with Crippen LogP contribution in [-0.4, -0.2) is 16.2 Å². The van der Waals surface area contributed by atoms with Crippen LogP contribution in [0.15, 0.2) is 54.6 Å². The molecule has 0 saturated heterocycles. The van der Waals surface area contributed by atoms with E-state index >= 15 is 0 Å². The van der Waals surface area contributed by atoms with Crippen LogP contribution in [-0.2, 0) is 16.9 Å². The number of phenols is 2. The molecule has 134 valence electrons. The van der Waals surface area contributed by atoms with Crippen LogP contribution in [0.1, 0.15) is 32.6 Å². The van der Waals surface area contributed by atoms with E-state index in [1.165, 1.54) is 24.3 Å². The van der Waals surface area contributed by atoms with Gasteiger partial charge in [0.25, 0.3) is 0 Å². The second kappa shape index (κ2) is 5.25. The Morgan fingerprint density at radius 2 is 1.48 bits per heavy atom. The van der Waals surface area contributed by atoms with E-state index in [-0.39, 0.29) is 11.5 Å². The number of aromatic hydroxyl groups is 2. The average molecular weight is 361 g/mol. The van der Waals surface area contributed by atoms with Crippen molar-refractivity contribution in [3.63, 3.8) is 0 Å². The molecule has 2 aliphatic rings. The maximum Gasteiger partial charge on any atom is 0.340 e. The fourth-order valence-electron chi connectivity index (χ4n) is 3.87. The molecule has 2 heterocycles. The molecule has 5 rings (SSSR count). The molecule has 0 aromatic heterocycles. The van der Waals surface area contributed by atoms with E-state index in [0.717, 1.165) is 5.56 Å². The molecule has 0 saturated carbocycles. The number of fused-ring (bicyclic) bond motifs is 6. The number of hydrogen-bond donors (Lipinski definition) is 3. The summed E-state index contributed by atoms with van der Waals surface area (Å²) in [6, 6.07) is 14.7. The van der Waals surface area contributed by atoms with Crippen LogP contribution >= 0.6 is 0 Å². The van der Waals surface area contributed by atoms with Crippen LogP contribution in [0.25, 0.3) is 0 Å². The molecule has 6 heteroatoms. The topological polar surface area (TPSA) is 102 Å². The van der Waals surface area contributed by atoms with Crippen LogP contribution in [0.4, 0.5) is 0 Å². The highest BCUT2D eigenvalue weighted by atomic mass is 16.6. The Bertz CT molecular complexity index is 1070. The summed E-state index contributed by atoms with van der Waals surface area (Å²) in [4.78, 5) is 12.7. The number of rotatable bonds is 1. The molecule has 6 nitrogen and oxygen atoms in total. The molecule has 3 aromatic carbocycles. The number of nitrogens with two attached hydrogens (primary N) is 1. The molecule has 4 N–H and O–H groups in total. The molecule has 0 bridgehead atoms. The number of carbonyl (C=O) groups excluding carboxylic acids is 1. The van der Waals surface area contributed by atoms with Crippen molar-refractivity contribution in [1.82, 2.24) is 0 Å². The molecule has 0 radical (unpaired) electrons. The molecule has 0 unspecified atom stereocenters. The SMILES string of the molecule is NCc1ccc2c(c1)C1(OC2=O)c2ccc(O)cc2Oc2cc(O)ccc21. The van der Waals surface area contributed by atoms with Gasteiger partial charge in [0.15, 0.2) is 5.60 Å². The van der Waals surface area contributed by atoms with Gasteiger partial charge in [0.05, 0.1) is 5.56 Å². The van der Waals surface area contributed by atoms with Gasteiger partial charge >= 0.3 is 5.97 Å². The van der Waals surface area contributed by atoms with E-state index in [0.29, 0.717) is 40.3 Å². The van der Waals surface area contributed by atoms with E-state index in [1.54, 1.807) is 24.3 Å². The minimum absolute atomic E-state index is 0.0211. The normalized spacial score (nSPS) is 15.5. The van der Waals surface area contributed by atoms with Gasteiger partial charge < -0.3 is 25.4 Å². The van der Waals surface area contributed by atoms with Gasteiger partial charge in [-0.25, -0.2) is 4.79 Å². The standard InChI is InChI=1S/C21H15NO5/c22-10-11-1-4-14-17(7-11)21(27-20(14)25)15-5-2-12(23)8-18(15)26-19-9-13(24)3-6-16(19)21/h1-9,23-24H,10,22H2. The van der Waals surface area contributed by atoms with E-state index in [2.05, 4.69) is 0 Å². The zero-order valence-electron chi connectivity index (χ0n) is 14.1. The molecule has 0 amide bonds. The first-order valence-electron chi connectivity index (χ1n) is 8.44. The monoisotopic (exact) mass is 361 g/mol. The fourth-order valence-corrected chi connectivity index (χ4v) is 3.87. The maximum atomic E-state index is 12.7. The highest BCUT2D eigenvalue weighted by molar-refractivity contribution is 5.97. The lowest BCUT2D eigenvalue weighted by atomic mass is 9.77. The molecule has 0 atom stereocenters. The summed E-state index contributed by atoms with van der Waals surface area (Å²) in [5.74, 6) is 0.299. The van der Waals surface area contributed by atoms with E-state index in [9.17, 15) is 15.0 Å². The Balaban J connectivity index is 1.90. The Morgan fingerprint density at radius 3 is 2.07 bits per heavy atom. The smallest absolute Gasteiger partial charge is 0.340 e. The van der Waals surface area contributed by atoms with Gasteiger partial charge in [-0.2, -0.15) is 0 Å². The van der Waals surface area contributed by atoms with Crippen molar-refractivity contribution in [1.29, 1.82) is 0 Å². The summed E-state index contributed by atoms with van der Waals surface area (Å²) in [7, 11) is 0. The summed E-state index contributed by atoms with van der Waals surface area (Å²) in [6.45, 7) is 0.318. The van der Waals surface area contributed by atoms with Gasteiger partial charge in [-0.05, 0) is 42.0 Å². The summed E-state index contributed by atoms with van der Waals surface area (Å²) in [6.07, 6.45) is 0. The summed E-state index contributed by atoms with van der Waals surface area (Å²) in [5, 5.41) is 19.8. The third-order valence-electron chi connectivity index (χ3n) is 5.07. The maximum absolute atomic E-state index is 12.7. The van der Waals surface area contributed by atoms with Crippen LogP contribution in [0.5, 0.6) is 23.0 Å². The lowest BCUT2D eigenvalue weighted by Gasteiger charge is -2.36. The van der Waals surface area contributed by atoms with Gasteiger partial charge in [0, 0.05) is 35.4 Å². The highest BCUT2D eigenvalue weighted by Crippen LogP contribution is 2.57. The minimum atomic E-state index is -1.23. The van der Waals surface area contributed by atoms with Crippen LogP contribution in [0, 0.1) is 0 Å². The first kappa shape index (κ1) is 15.7. The number of esters is 1. The van der Waals surface area contributed by atoms with E-state index in [1.807, 2.05) is 6.07 Å². The van der Waals surface area contributed by atoms with Crippen molar-refractivity contribution >= 4 is 5.97 Å². The molecular formula is C21H15NO5. The van der Waals surface area contributed by atoms with Gasteiger partial charge in [-0.15, -0.1) is 0 Å². The largest absolute Gasteiger partial charge is 0.508 e. The predicted molar refractivity (Wildman–Crippen MR) is 95.9 cm³/mol. The Labute approximate surface area is 154 Å².